The third-order valence-corrected chi connectivity index (χ3v) is 3.47. The van der Waals surface area contributed by atoms with Crippen molar-refractivity contribution in [1.29, 1.82) is 0 Å². The quantitative estimate of drug-likeness (QED) is 0.463. The van der Waals surface area contributed by atoms with Crippen molar-refractivity contribution in [3.8, 4) is 0 Å². The largest absolute Gasteiger partial charge is 0.463 e. The van der Waals surface area contributed by atoms with Crippen molar-refractivity contribution in [2.45, 2.75) is 51.4 Å². The van der Waals surface area contributed by atoms with Crippen LogP contribution in [0.4, 0.5) is 0 Å². The summed E-state index contributed by atoms with van der Waals surface area (Å²) in [6.07, 6.45) is -2.03. The molecule has 1 fully saturated rings. The Morgan fingerprint density at radius 3 is 2.00 bits per heavy atom. The summed E-state index contributed by atoms with van der Waals surface area (Å²) in [5.41, 5.74) is -0.698. The number of hydrogen-bond acceptors (Lipinski definition) is 8. The van der Waals surface area contributed by atoms with Gasteiger partial charge < -0.3 is 18.9 Å². The van der Waals surface area contributed by atoms with Crippen molar-refractivity contribution in [2.24, 2.45) is 5.92 Å². The van der Waals surface area contributed by atoms with Crippen molar-refractivity contribution in [3.63, 3.8) is 0 Å². The fourth-order valence-electron chi connectivity index (χ4n) is 2.18. The molecule has 0 spiro atoms. The Kier molecular flexibility index (Phi) is 6.47. The molecule has 21 heavy (non-hydrogen) atoms. The lowest BCUT2D eigenvalue weighted by molar-refractivity contribution is -0.211. The fraction of sp³-hybridized carbons (Fsp3) is 0.769. The van der Waals surface area contributed by atoms with E-state index in [1.165, 1.54) is 20.8 Å². The Morgan fingerprint density at radius 1 is 1.00 bits per heavy atom. The Hall–Kier alpha value is -1.28. The lowest BCUT2D eigenvalue weighted by atomic mass is 9.91. The molecule has 0 amide bonds. The minimum atomic E-state index is -0.699. The molecule has 1 aliphatic heterocycles. The Balaban J connectivity index is 2.86. The van der Waals surface area contributed by atoms with Crippen molar-refractivity contribution in [2.75, 3.05) is 6.61 Å². The van der Waals surface area contributed by atoms with E-state index >= 15 is 0 Å². The molecule has 0 aromatic heterocycles. The monoisotopic (exact) mass is 320 g/mol. The zero-order valence-corrected chi connectivity index (χ0v) is 13.3. The molecule has 0 radical (unpaired) electrons. The van der Waals surface area contributed by atoms with E-state index in [0.29, 0.717) is 0 Å². The molecule has 0 aliphatic carbocycles. The summed E-state index contributed by atoms with van der Waals surface area (Å²) in [4.78, 5) is 33.3. The van der Waals surface area contributed by atoms with Gasteiger partial charge in [-0.1, -0.05) is 6.92 Å². The first-order chi connectivity index (χ1) is 9.72. The van der Waals surface area contributed by atoms with Crippen molar-refractivity contribution >= 4 is 30.5 Å². The molecule has 3 unspecified atom stereocenters. The molecule has 1 aliphatic rings. The predicted molar refractivity (Wildman–Crippen MR) is 74.6 cm³/mol. The van der Waals surface area contributed by atoms with E-state index in [-0.39, 0.29) is 12.5 Å². The van der Waals surface area contributed by atoms with Crippen LogP contribution in [-0.4, -0.2) is 48.3 Å². The first-order valence-corrected chi connectivity index (χ1v) is 7.05. The normalized spacial score (nSPS) is 32.1. The average molecular weight is 320 g/mol. The van der Waals surface area contributed by atoms with Gasteiger partial charge in [-0.25, -0.2) is 0 Å². The molecule has 1 rings (SSSR count). The van der Waals surface area contributed by atoms with Crippen LogP contribution in [0.3, 0.4) is 0 Å². The van der Waals surface area contributed by atoms with Crippen LogP contribution in [0.1, 0.15) is 27.7 Å². The first kappa shape index (κ1) is 17.8. The van der Waals surface area contributed by atoms with Crippen molar-refractivity contribution in [3.05, 3.63) is 0 Å². The van der Waals surface area contributed by atoms with Crippen LogP contribution in [0.2, 0.25) is 0 Å². The number of rotatable bonds is 4. The van der Waals surface area contributed by atoms with Gasteiger partial charge in [0.05, 0.1) is 0 Å². The predicted octanol–water partition coefficient (Wildman–Crippen LogP) is 0.704. The van der Waals surface area contributed by atoms with Crippen LogP contribution in [0.25, 0.3) is 0 Å². The lowest BCUT2D eigenvalue weighted by Gasteiger charge is -2.42. The number of carbonyl (C=O) groups is 3. The highest BCUT2D eigenvalue weighted by molar-refractivity contribution is 7.80. The van der Waals surface area contributed by atoms with Gasteiger partial charge in [0.25, 0.3) is 0 Å². The van der Waals surface area contributed by atoms with E-state index < -0.39 is 41.7 Å². The second-order valence-electron chi connectivity index (χ2n) is 4.87. The molecule has 120 valence electrons. The van der Waals surface area contributed by atoms with E-state index in [2.05, 4.69) is 12.6 Å². The van der Waals surface area contributed by atoms with E-state index in [1.807, 2.05) is 0 Å². The van der Waals surface area contributed by atoms with Gasteiger partial charge in [-0.05, 0) is 0 Å². The van der Waals surface area contributed by atoms with E-state index in [9.17, 15) is 14.4 Å². The van der Waals surface area contributed by atoms with E-state index in [1.54, 1.807) is 6.92 Å². The SMILES string of the molecule is CC(=O)OCC1O[C@@H](S)C(OC(C)=O)C(C)[C@H]1OC(C)=O. The summed E-state index contributed by atoms with van der Waals surface area (Å²) in [5.74, 6) is -1.79. The van der Waals surface area contributed by atoms with Crippen LogP contribution < -0.4 is 0 Å². The fourth-order valence-corrected chi connectivity index (χ4v) is 2.67. The summed E-state index contributed by atoms with van der Waals surface area (Å²) >= 11 is 4.24. The van der Waals surface area contributed by atoms with Gasteiger partial charge in [-0.15, -0.1) is 12.6 Å². The van der Waals surface area contributed by atoms with Gasteiger partial charge in [-0.3, -0.25) is 14.4 Å². The minimum absolute atomic E-state index is 0.0680. The molecular weight excluding hydrogens is 300 g/mol. The maximum Gasteiger partial charge on any atom is 0.303 e. The van der Waals surface area contributed by atoms with Crippen molar-refractivity contribution in [1.82, 2.24) is 0 Å². The summed E-state index contributed by atoms with van der Waals surface area (Å²) in [7, 11) is 0. The van der Waals surface area contributed by atoms with Gasteiger partial charge >= 0.3 is 17.9 Å². The van der Waals surface area contributed by atoms with Gasteiger partial charge in [0.15, 0.2) is 0 Å². The molecular formula is C13H20O7S. The molecule has 1 saturated heterocycles. The van der Waals surface area contributed by atoms with Crippen LogP contribution in [0, 0.1) is 5.92 Å². The molecule has 8 heteroatoms. The molecule has 1 heterocycles. The molecule has 5 atom stereocenters. The Morgan fingerprint density at radius 2 is 1.52 bits per heavy atom. The number of esters is 3. The molecule has 0 bridgehead atoms. The van der Waals surface area contributed by atoms with Crippen LogP contribution in [0.15, 0.2) is 0 Å². The Labute approximate surface area is 128 Å². The minimum Gasteiger partial charge on any atom is -0.463 e. The smallest absolute Gasteiger partial charge is 0.303 e. The summed E-state index contributed by atoms with van der Waals surface area (Å²) in [6, 6.07) is 0. The van der Waals surface area contributed by atoms with Gasteiger partial charge in [0.2, 0.25) is 0 Å². The van der Waals surface area contributed by atoms with Gasteiger partial charge in [-0.2, -0.15) is 0 Å². The topological polar surface area (TPSA) is 88.1 Å². The van der Waals surface area contributed by atoms with E-state index in [0.717, 1.165) is 0 Å². The number of carbonyl (C=O) groups excluding carboxylic acids is 3. The average Bonchev–Trinajstić information content (AvgIpc) is 2.35. The molecule has 0 N–H and O–H groups in total. The highest BCUT2D eigenvalue weighted by Crippen LogP contribution is 2.32. The molecule has 0 aromatic carbocycles. The molecule has 7 nitrogen and oxygen atoms in total. The third-order valence-electron chi connectivity index (χ3n) is 3.05. The van der Waals surface area contributed by atoms with Crippen LogP contribution in [-0.2, 0) is 33.3 Å². The van der Waals surface area contributed by atoms with Crippen molar-refractivity contribution < 1.29 is 33.3 Å². The molecule has 0 aromatic rings. The maximum absolute atomic E-state index is 11.2. The second-order valence-corrected chi connectivity index (χ2v) is 5.38. The number of hydrogen-bond donors (Lipinski definition) is 1. The number of thiol groups is 1. The van der Waals surface area contributed by atoms with Crippen LogP contribution >= 0.6 is 12.6 Å². The summed E-state index contributed by atoms with van der Waals surface area (Å²) in [5, 5.41) is 0. The third kappa shape index (κ3) is 5.20. The molecule has 0 saturated carbocycles. The standard InChI is InChI=1S/C13H20O7S/c1-6-11(18-8(3)15)10(5-17-7(2)14)20-13(21)12(6)19-9(4)16/h6,10-13,21H,5H2,1-4H3/t6?,10?,11-,12?,13+/m1/s1. The highest BCUT2D eigenvalue weighted by Gasteiger charge is 2.46. The summed E-state index contributed by atoms with van der Waals surface area (Å²) < 4.78 is 20.9. The highest BCUT2D eigenvalue weighted by atomic mass is 32.1. The van der Waals surface area contributed by atoms with Crippen LogP contribution in [0.5, 0.6) is 0 Å². The zero-order chi connectivity index (χ0) is 16.2. The number of ether oxygens (including phenoxy) is 4. The van der Waals surface area contributed by atoms with E-state index in [4.69, 9.17) is 18.9 Å². The maximum atomic E-state index is 11.2. The Bertz CT molecular complexity index is 409. The summed E-state index contributed by atoms with van der Waals surface area (Å²) in [6.45, 7) is 5.50. The van der Waals surface area contributed by atoms with Gasteiger partial charge in [0.1, 0.15) is 30.4 Å². The first-order valence-electron chi connectivity index (χ1n) is 6.53. The zero-order valence-electron chi connectivity index (χ0n) is 12.4. The van der Waals surface area contributed by atoms with Gasteiger partial charge in [0, 0.05) is 26.7 Å². The second kappa shape index (κ2) is 7.65. The lowest BCUT2D eigenvalue weighted by Crippen LogP contribution is -2.55.